The first-order chi connectivity index (χ1) is 11.2. The molecular weight excluding hydrogens is 356 g/mol. The van der Waals surface area contributed by atoms with Crippen LogP contribution in [-0.2, 0) is 0 Å². The number of hydrogen-bond acceptors (Lipinski definition) is 6. The van der Waals surface area contributed by atoms with Gasteiger partial charge in [0.25, 0.3) is 0 Å². The van der Waals surface area contributed by atoms with Crippen LogP contribution in [0.3, 0.4) is 0 Å². The molecule has 0 spiro atoms. The SMILES string of the molecule is Nc1ncc(Br)c(NC2CCC(NCCN3CCCC3)CC2)n1. The molecule has 1 saturated carbocycles. The number of nitrogens with one attached hydrogen (secondary N) is 2. The molecule has 2 heterocycles. The zero-order chi connectivity index (χ0) is 16.1. The lowest BCUT2D eigenvalue weighted by Crippen LogP contribution is -2.40. The monoisotopic (exact) mass is 382 g/mol. The zero-order valence-corrected chi connectivity index (χ0v) is 15.2. The van der Waals surface area contributed by atoms with Gasteiger partial charge in [-0.05, 0) is 67.5 Å². The Morgan fingerprint density at radius 3 is 2.61 bits per heavy atom. The van der Waals surface area contributed by atoms with Gasteiger partial charge in [0.1, 0.15) is 5.82 Å². The van der Waals surface area contributed by atoms with E-state index >= 15 is 0 Å². The summed E-state index contributed by atoms with van der Waals surface area (Å²) in [7, 11) is 0. The molecule has 3 rings (SSSR count). The van der Waals surface area contributed by atoms with Crippen LogP contribution >= 0.6 is 15.9 Å². The molecule has 23 heavy (non-hydrogen) atoms. The minimum atomic E-state index is 0.313. The number of rotatable bonds is 6. The number of hydrogen-bond donors (Lipinski definition) is 3. The lowest BCUT2D eigenvalue weighted by atomic mass is 9.91. The van der Waals surface area contributed by atoms with Crippen molar-refractivity contribution >= 4 is 27.7 Å². The first-order valence-electron chi connectivity index (χ1n) is 8.71. The molecule has 0 radical (unpaired) electrons. The average molecular weight is 383 g/mol. The van der Waals surface area contributed by atoms with Crippen molar-refractivity contribution in [2.24, 2.45) is 0 Å². The van der Waals surface area contributed by atoms with E-state index in [4.69, 9.17) is 5.73 Å². The third-order valence-electron chi connectivity index (χ3n) is 4.89. The van der Waals surface area contributed by atoms with Gasteiger partial charge in [0, 0.05) is 31.4 Å². The summed E-state index contributed by atoms with van der Waals surface area (Å²) in [6, 6.07) is 1.13. The van der Waals surface area contributed by atoms with Crippen molar-refractivity contribution in [1.82, 2.24) is 20.2 Å². The normalized spacial score (nSPS) is 25.6. The lowest BCUT2D eigenvalue weighted by molar-refractivity contribution is 0.303. The molecule has 128 valence electrons. The van der Waals surface area contributed by atoms with Gasteiger partial charge in [-0.2, -0.15) is 4.98 Å². The quantitative estimate of drug-likeness (QED) is 0.699. The molecule has 1 aliphatic carbocycles. The molecular formula is C16H27BrN6. The Labute approximate surface area is 146 Å². The van der Waals surface area contributed by atoms with E-state index in [-0.39, 0.29) is 0 Å². The Morgan fingerprint density at radius 2 is 1.87 bits per heavy atom. The molecule has 0 aromatic carbocycles. The van der Waals surface area contributed by atoms with Gasteiger partial charge in [0.15, 0.2) is 0 Å². The minimum Gasteiger partial charge on any atom is -0.368 e. The summed E-state index contributed by atoms with van der Waals surface area (Å²) in [6.45, 7) is 4.90. The van der Waals surface area contributed by atoms with Crippen molar-refractivity contribution in [2.75, 3.05) is 37.2 Å². The topological polar surface area (TPSA) is 79.1 Å². The first kappa shape index (κ1) is 16.9. The van der Waals surface area contributed by atoms with Gasteiger partial charge in [0.2, 0.25) is 5.95 Å². The summed E-state index contributed by atoms with van der Waals surface area (Å²) >= 11 is 3.48. The van der Waals surface area contributed by atoms with E-state index in [0.29, 0.717) is 18.0 Å². The molecule has 0 bridgehead atoms. The third kappa shape index (κ3) is 5.02. The largest absolute Gasteiger partial charge is 0.368 e. The van der Waals surface area contributed by atoms with Crippen molar-refractivity contribution in [3.8, 4) is 0 Å². The van der Waals surface area contributed by atoms with Gasteiger partial charge >= 0.3 is 0 Å². The van der Waals surface area contributed by atoms with Gasteiger partial charge < -0.3 is 21.3 Å². The smallest absolute Gasteiger partial charge is 0.221 e. The molecule has 0 unspecified atom stereocenters. The highest BCUT2D eigenvalue weighted by Gasteiger charge is 2.22. The lowest BCUT2D eigenvalue weighted by Gasteiger charge is -2.30. The maximum absolute atomic E-state index is 5.66. The maximum atomic E-state index is 5.66. The van der Waals surface area contributed by atoms with Crippen molar-refractivity contribution in [3.05, 3.63) is 10.7 Å². The Kier molecular flexibility index (Phi) is 6.08. The van der Waals surface area contributed by atoms with Crippen LogP contribution in [0, 0.1) is 0 Å². The molecule has 1 aromatic rings. The highest BCUT2D eigenvalue weighted by molar-refractivity contribution is 9.10. The zero-order valence-electron chi connectivity index (χ0n) is 13.6. The molecule has 0 amide bonds. The molecule has 2 aliphatic rings. The second-order valence-electron chi connectivity index (χ2n) is 6.62. The predicted octanol–water partition coefficient (Wildman–Crippen LogP) is 2.23. The van der Waals surface area contributed by atoms with Crippen LogP contribution in [0.1, 0.15) is 38.5 Å². The fraction of sp³-hybridized carbons (Fsp3) is 0.750. The van der Waals surface area contributed by atoms with E-state index in [0.717, 1.165) is 29.7 Å². The van der Waals surface area contributed by atoms with Crippen LogP contribution in [0.5, 0.6) is 0 Å². The van der Waals surface area contributed by atoms with Gasteiger partial charge in [-0.15, -0.1) is 0 Å². The minimum absolute atomic E-state index is 0.313. The molecule has 1 saturated heterocycles. The summed E-state index contributed by atoms with van der Waals surface area (Å²) in [5.74, 6) is 1.12. The van der Waals surface area contributed by atoms with E-state index in [1.54, 1.807) is 6.20 Å². The van der Waals surface area contributed by atoms with E-state index in [1.165, 1.54) is 45.3 Å². The van der Waals surface area contributed by atoms with Crippen LogP contribution in [-0.4, -0.2) is 53.1 Å². The van der Waals surface area contributed by atoms with Crippen molar-refractivity contribution < 1.29 is 0 Å². The first-order valence-corrected chi connectivity index (χ1v) is 9.50. The molecule has 0 atom stereocenters. The average Bonchev–Trinajstić information content (AvgIpc) is 3.06. The van der Waals surface area contributed by atoms with E-state index < -0.39 is 0 Å². The van der Waals surface area contributed by atoms with Crippen molar-refractivity contribution in [3.63, 3.8) is 0 Å². The Hall–Kier alpha value is -0.920. The molecule has 2 fully saturated rings. The number of nitrogens with two attached hydrogens (primary N) is 1. The van der Waals surface area contributed by atoms with Crippen LogP contribution < -0.4 is 16.4 Å². The highest BCUT2D eigenvalue weighted by Crippen LogP contribution is 2.25. The Morgan fingerprint density at radius 1 is 1.17 bits per heavy atom. The number of nitrogen functional groups attached to an aromatic ring is 1. The fourth-order valence-corrected chi connectivity index (χ4v) is 3.86. The van der Waals surface area contributed by atoms with Crippen LogP contribution in [0.4, 0.5) is 11.8 Å². The maximum Gasteiger partial charge on any atom is 0.221 e. The number of aromatic nitrogens is 2. The van der Waals surface area contributed by atoms with Gasteiger partial charge in [-0.3, -0.25) is 0 Å². The number of likely N-dealkylation sites (tertiary alicyclic amines) is 1. The second-order valence-corrected chi connectivity index (χ2v) is 7.47. The fourth-order valence-electron chi connectivity index (χ4n) is 3.55. The summed E-state index contributed by atoms with van der Waals surface area (Å²) in [5.41, 5.74) is 5.66. The molecule has 1 aromatic heterocycles. The summed E-state index contributed by atoms with van der Waals surface area (Å²) in [6.07, 6.45) is 9.22. The van der Waals surface area contributed by atoms with Crippen LogP contribution in [0.2, 0.25) is 0 Å². The van der Waals surface area contributed by atoms with Crippen LogP contribution in [0.25, 0.3) is 0 Å². The highest BCUT2D eigenvalue weighted by atomic mass is 79.9. The van der Waals surface area contributed by atoms with Crippen molar-refractivity contribution in [2.45, 2.75) is 50.6 Å². The molecule has 7 heteroatoms. The Balaban J connectivity index is 1.37. The predicted molar refractivity (Wildman–Crippen MR) is 97.5 cm³/mol. The molecule has 1 aliphatic heterocycles. The Bertz CT molecular complexity index is 497. The van der Waals surface area contributed by atoms with Crippen molar-refractivity contribution in [1.29, 1.82) is 0 Å². The third-order valence-corrected chi connectivity index (χ3v) is 5.47. The van der Waals surface area contributed by atoms with Crippen LogP contribution in [0.15, 0.2) is 10.7 Å². The molecule has 4 N–H and O–H groups in total. The van der Waals surface area contributed by atoms with E-state index in [9.17, 15) is 0 Å². The van der Waals surface area contributed by atoms with Gasteiger partial charge in [-0.1, -0.05) is 0 Å². The van der Waals surface area contributed by atoms with Gasteiger partial charge in [-0.25, -0.2) is 4.98 Å². The summed E-state index contributed by atoms with van der Waals surface area (Å²) in [4.78, 5) is 10.8. The van der Waals surface area contributed by atoms with E-state index in [2.05, 4.69) is 41.4 Å². The van der Waals surface area contributed by atoms with Gasteiger partial charge in [0.05, 0.1) is 4.47 Å². The van der Waals surface area contributed by atoms with E-state index in [1.807, 2.05) is 0 Å². The standard InChI is InChI=1S/C16H27BrN6/c17-14-11-20-16(18)22-15(14)21-13-5-3-12(4-6-13)19-7-10-23-8-1-2-9-23/h11-13,19H,1-10H2,(H3,18,20,21,22). The number of halogens is 1. The number of anilines is 2. The second kappa shape index (κ2) is 8.26. The summed E-state index contributed by atoms with van der Waals surface area (Å²) in [5, 5.41) is 7.23. The summed E-state index contributed by atoms with van der Waals surface area (Å²) < 4.78 is 0.873. The molecule has 6 nitrogen and oxygen atoms in total. The number of nitrogens with zero attached hydrogens (tertiary/aromatic N) is 3.